The van der Waals surface area contributed by atoms with Crippen LogP contribution in [0.25, 0.3) is 0 Å². The van der Waals surface area contributed by atoms with Crippen molar-refractivity contribution in [2.24, 2.45) is 0 Å². The maximum atomic E-state index is 14.5. The van der Waals surface area contributed by atoms with Crippen molar-refractivity contribution in [3.63, 3.8) is 0 Å². The highest BCUT2D eigenvalue weighted by Crippen LogP contribution is 2.34. The van der Waals surface area contributed by atoms with Gasteiger partial charge in [-0.15, -0.1) is 0 Å². The minimum absolute atomic E-state index is 0.0171. The van der Waals surface area contributed by atoms with E-state index in [1.54, 1.807) is 25.1 Å². The minimum atomic E-state index is -4.20. The van der Waals surface area contributed by atoms with E-state index in [9.17, 15) is 22.0 Å². The Hall–Kier alpha value is -3.66. The zero-order valence-corrected chi connectivity index (χ0v) is 21.3. The van der Waals surface area contributed by atoms with Crippen molar-refractivity contribution in [3.8, 4) is 11.5 Å². The third-order valence-corrected chi connectivity index (χ3v) is 7.37. The van der Waals surface area contributed by atoms with Gasteiger partial charge in [-0.3, -0.25) is 9.10 Å². The summed E-state index contributed by atoms with van der Waals surface area (Å²) < 4.78 is 68.3. The maximum Gasteiger partial charge on any atom is 0.264 e. The van der Waals surface area contributed by atoms with Crippen molar-refractivity contribution >= 4 is 21.6 Å². The van der Waals surface area contributed by atoms with Crippen molar-refractivity contribution < 1.29 is 31.5 Å². The molecule has 0 aliphatic heterocycles. The molecule has 0 atom stereocenters. The Labute approximate surface area is 209 Å². The predicted octanol–water partition coefficient (Wildman–Crippen LogP) is 4.21. The Balaban J connectivity index is 2.15. The van der Waals surface area contributed by atoms with Crippen LogP contribution in [-0.2, 0) is 21.2 Å². The largest absolute Gasteiger partial charge is 0.493 e. The Morgan fingerprint density at radius 1 is 0.972 bits per heavy atom. The van der Waals surface area contributed by atoms with Crippen molar-refractivity contribution in [1.29, 1.82) is 0 Å². The van der Waals surface area contributed by atoms with Gasteiger partial charge in [-0.1, -0.05) is 23.8 Å². The molecule has 0 saturated carbocycles. The number of hydrogen-bond donors (Lipinski definition) is 1. The topological polar surface area (TPSA) is 84.9 Å². The Morgan fingerprint density at radius 3 is 2.25 bits per heavy atom. The third-order valence-electron chi connectivity index (χ3n) is 5.56. The van der Waals surface area contributed by atoms with Crippen molar-refractivity contribution in [2.75, 3.05) is 31.6 Å². The van der Waals surface area contributed by atoms with Crippen LogP contribution < -0.4 is 19.1 Å². The number of benzene rings is 3. The number of carbonyl (C=O) groups excluding carboxylic acids is 1. The Bertz CT molecular complexity index is 1340. The van der Waals surface area contributed by atoms with E-state index in [2.05, 4.69) is 5.32 Å². The lowest BCUT2D eigenvalue weighted by Gasteiger charge is -2.27. The molecule has 10 heteroatoms. The molecule has 36 heavy (non-hydrogen) atoms. The fraction of sp³-hybridized carbons (Fsp3) is 0.269. The average molecular weight is 519 g/mol. The van der Waals surface area contributed by atoms with Crippen LogP contribution in [0.1, 0.15) is 23.6 Å². The Morgan fingerprint density at radius 2 is 1.64 bits per heavy atom. The number of nitrogens with zero attached hydrogens (tertiary/aromatic N) is 1. The fourth-order valence-corrected chi connectivity index (χ4v) is 5.32. The minimum Gasteiger partial charge on any atom is -0.493 e. The first kappa shape index (κ1) is 26.9. The molecule has 3 rings (SSSR count). The predicted molar refractivity (Wildman–Crippen MR) is 133 cm³/mol. The summed E-state index contributed by atoms with van der Waals surface area (Å²) in [6.45, 7) is 3.02. The number of aryl methyl sites for hydroxylation is 1. The number of nitrogens with one attached hydrogen (secondary N) is 1. The van der Waals surface area contributed by atoms with Gasteiger partial charge in [0, 0.05) is 31.5 Å². The molecule has 0 unspecified atom stereocenters. The maximum absolute atomic E-state index is 14.5. The molecule has 0 radical (unpaired) electrons. The number of rotatable bonds is 10. The van der Waals surface area contributed by atoms with E-state index in [1.165, 1.54) is 45.4 Å². The number of halogens is 2. The standard InChI is InChI=1S/C26H28F2N2O5S/c1-17-8-10-24(19(14-17)15-21-22(27)6-5-7-23(21)28)30(13-12-29-18(2)31)36(32,33)20-9-11-25(34-3)26(16-20)35-4/h5-11,14,16H,12-13,15H2,1-4H3,(H,29,31). The molecule has 0 heterocycles. The van der Waals surface area contributed by atoms with Gasteiger partial charge in [0.1, 0.15) is 11.6 Å². The van der Waals surface area contributed by atoms with Gasteiger partial charge >= 0.3 is 0 Å². The summed E-state index contributed by atoms with van der Waals surface area (Å²) in [7, 11) is -1.37. The number of carbonyl (C=O) groups is 1. The van der Waals surface area contributed by atoms with Gasteiger partial charge in [0.25, 0.3) is 10.0 Å². The van der Waals surface area contributed by atoms with Crippen LogP contribution in [-0.4, -0.2) is 41.6 Å². The third kappa shape index (κ3) is 5.93. The van der Waals surface area contributed by atoms with E-state index in [4.69, 9.17) is 9.47 Å². The number of ether oxygens (including phenoxy) is 2. The molecule has 0 bridgehead atoms. The van der Waals surface area contributed by atoms with E-state index >= 15 is 0 Å². The van der Waals surface area contributed by atoms with Gasteiger partial charge in [-0.2, -0.15) is 0 Å². The van der Waals surface area contributed by atoms with Crippen molar-refractivity contribution in [1.82, 2.24) is 5.32 Å². The number of anilines is 1. The van der Waals surface area contributed by atoms with Crippen LogP contribution >= 0.6 is 0 Å². The lowest BCUT2D eigenvalue weighted by Crippen LogP contribution is -2.38. The molecule has 0 saturated heterocycles. The SMILES string of the molecule is COc1ccc(S(=O)(=O)N(CCNC(C)=O)c2ccc(C)cc2Cc2c(F)cccc2F)cc1OC. The lowest BCUT2D eigenvalue weighted by atomic mass is 10.00. The van der Waals surface area contributed by atoms with E-state index in [1.807, 2.05) is 0 Å². The molecule has 0 aromatic heterocycles. The summed E-state index contributed by atoms with van der Waals surface area (Å²) in [5, 5.41) is 2.60. The second kappa shape index (κ2) is 11.4. The molecule has 7 nitrogen and oxygen atoms in total. The molecule has 0 spiro atoms. The van der Waals surface area contributed by atoms with Crippen LogP contribution in [0.5, 0.6) is 11.5 Å². The molecule has 3 aromatic rings. The van der Waals surface area contributed by atoms with Crippen LogP contribution in [0, 0.1) is 18.6 Å². The Kier molecular flexibility index (Phi) is 8.52. The van der Waals surface area contributed by atoms with Gasteiger partial charge in [-0.25, -0.2) is 17.2 Å². The second-order valence-corrected chi connectivity index (χ2v) is 9.95. The molecular weight excluding hydrogens is 490 g/mol. The summed E-state index contributed by atoms with van der Waals surface area (Å²) >= 11 is 0. The van der Waals surface area contributed by atoms with E-state index in [0.717, 1.165) is 22.0 Å². The first-order valence-electron chi connectivity index (χ1n) is 11.1. The quantitative estimate of drug-likeness (QED) is 0.435. The molecule has 3 aromatic carbocycles. The molecule has 1 amide bonds. The molecule has 0 fully saturated rings. The highest BCUT2D eigenvalue weighted by molar-refractivity contribution is 7.92. The highest BCUT2D eigenvalue weighted by Gasteiger charge is 2.28. The monoisotopic (exact) mass is 518 g/mol. The molecule has 0 aliphatic carbocycles. The van der Waals surface area contributed by atoms with Gasteiger partial charge < -0.3 is 14.8 Å². The average Bonchev–Trinajstić information content (AvgIpc) is 2.84. The van der Waals surface area contributed by atoms with Crippen LogP contribution in [0.15, 0.2) is 59.5 Å². The first-order chi connectivity index (χ1) is 17.1. The number of sulfonamides is 1. The molecule has 192 valence electrons. The summed E-state index contributed by atoms with van der Waals surface area (Å²) in [5.41, 5.74) is 1.26. The first-order valence-corrected chi connectivity index (χ1v) is 12.5. The number of amides is 1. The van der Waals surface area contributed by atoms with E-state index in [-0.39, 0.29) is 47.3 Å². The second-order valence-electron chi connectivity index (χ2n) is 8.09. The van der Waals surface area contributed by atoms with Gasteiger partial charge in [0.15, 0.2) is 11.5 Å². The van der Waals surface area contributed by atoms with E-state index in [0.29, 0.717) is 11.3 Å². The summed E-state index contributed by atoms with van der Waals surface area (Å²) in [5.74, 6) is -1.20. The highest BCUT2D eigenvalue weighted by atomic mass is 32.2. The lowest BCUT2D eigenvalue weighted by molar-refractivity contribution is -0.118. The van der Waals surface area contributed by atoms with Gasteiger partial charge in [0.05, 0.1) is 31.3 Å². The molecule has 0 aliphatic rings. The number of hydrogen-bond acceptors (Lipinski definition) is 5. The van der Waals surface area contributed by atoms with Crippen LogP contribution in [0.3, 0.4) is 0 Å². The number of methoxy groups -OCH3 is 2. The smallest absolute Gasteiger partial charge is 0.264 e. The van der Waals surface area contributed by atoms with Gasteiger partial charge in [-0.05, 0) is 42.8 Å². The zero-order valence-electron chi connectivity index (χ0n) is 20.5. The van der Waals surface area contributed by atoms with Crippen LogP contribution in [0.4, 0.5) is 14.5 Å². The fourth-order valence-electron chi connectivity index (χ4n) is 3.80. The van der Waals surface area contributed by atoms with Crippen molar-refractivity contribution in [2.45, 2.75) is 25.2 Å². The van der Waals surface area contributed by atoms with Crippen molar-refractivity contribution in [3.05, 3.63) is 82.9 Å². The molecule has 1 N–H and O–H groups in total. The summed E-state index contributed by atoms with van der Waals surface area (Å²) in [6.07, 6.45) is -0.173. The zero-order chi connectivity index (χ0) is 26.5. The van der Waals surface area contributed by atoms with E-state index < -0.39 is 21.7 Å². The van der Waals surface area contributed by atoms with Gasteiger partial charge in [0.2, 0.25) is 5.91 Å². The summed E-state index contributed by atoms with van der Waals surface area (Å²) in [4.78, 5) is 11.4. The normalized spacial score (nSPS) is 11.2. The summed E-state index contributed by atoms with van der Waals surface area (Å²) in [6, 6.07) is 12.8. The molecular formula is C26H28F2N2O5S. The van der Waals surface area contributed by atoms with Crippen LogP contribution in [0.2, 0.25) is 0 Å².